The highest BCUT2D eigenvalue weighted by Crippen LogP contribution is 2.25. The third kappa shape index (κ3) is 2.57. The standard InChI is InChI=1S/C17H18N4O/c1-12-10-20-15(13(2)16(12)22-3)11-21-9-8-19-17(21)14-6-4-5-7-18-14/h4-10H,11H2,1-3H3. The smallest absolute Gasteiger partial charge is 0.158 e. The Hall–Kier alpha value is -2.69. The zero-order valence-corrected chi connectivity index (χ0v) is 12.9. The SMILES string of the molecule is COc1c(C)cnc(Cn2ccnc2-c2ccccn2)c1C. The number of rotatable bonds is 4. The average Bonchev–Trinajstić information content (AvgIpc) is 3.00. The normalized spacial score (nSPS) is 10.7. The molecule has 0 saturated heterocycles. The van der Waals surface area contributed by atoms with Crippen molar-refractivity contribution in [3.63, 3.8) is 0 Å². The van der Waals surface area contributed by atoms with E-state index in [1.54, 1.807) is 19.5 Å². The third-order valence-electron chi connectivity index (χ3n) is 3.68. The first-order valence-corrected chi connectivity index (χ1v) is 7.12. The maximum absolute atomic E-state index is 5.47. The summed E-state index contributed by atoms with van der Waals surface area (Å²) >= 11 is 0. The molecule has 0 fully saturated rings. The summed E-state index contributed by atoms with van der Waals surface area (Å²) in [5.41, 5.74) is 3.92. The second-order valence-corrected chi connectivity index (χ2v) is 5.14. The highest BCUT2D eigenvalue weighted by Gasteiger charge is 2.12. The largest absolute Gasteiger partial charge is 0.496 e. The zero-order valence-electron chi connectivity index (χ0n) is 12.9. The van der Waals surface area contributed by atoms with Crippen LogP contribution in [0.1, 0.15) is 16.8 Å². The summed E-state index contributed by atoms with van der Waals surface area (Å²) in [6, 6.07) is 5.81. The first kappa shape index (κ1) is 14.3. The van der Waals surface area contributed by atoms with E-state index in [9.17, 15) is 0 Å². The van der Waals surface area contributed by atoms with Crippen LogP contribution < -0.4 is 4.74 Å². The van der Waals surface area contributed by atoms with Crippen LogP contribution in [-0.2, 0) is 6.54 Å². The predicted octanol–water partition coefficient (Wildman–Crippen LogP) is 3.01. The van der Waals surface area contributed by atoms with Crippen LogP contribution in [-0.4, -0.2) is 26.6 Å². The van der Waals surface area contributed by atoms with Gasteiger partial charge in [0.25, 0.3) is 0 Å². The highest BCUT2D eigenvalue weighted by atomic mass is 16.5. The Morgan fingerprint density at radius 3 is 2.68 bits per heavy atom. The van der Waals surface area contributed by atoms with Gasteiger partial charge in [-0.15, -0.1) is 0 Å². The minimum atomic E-state index is 0.633. The second kappa shape index (κ2) is 5.97. The van der Waals surface area contributed by atoms with E-state index < -0.39 is 0 Å². The van der Waals surface area contributed by atoms with Gasteiger partial charge in [0.15, 0.2) is 5.82 Å². The molecule has 22 heavy (non-hydrogen) atoms. The van der Waals surface area contributed by atoms with Gasteiger partial charge in [0.2, 0.25) is 0 Å². The van der Waals surface area contributed by atoms with Crippen LogP contribution in [0.2, 0.25) is 0 Å². The van der Waals surface area contributed by atoms with Gasteiger partial charge in [0, 0.05) is 35.9 Å². The zero-order chi connectivity index (χ0) is 15.5. The molecular formula is C17H18N4O. The van der Waals surface area contributed by atoms with Crippen molar-refractivity contribution in [1.29, 1.82) is 0 Å². The van der Waals surface area contributed by atoms with Crippen molar-refractivity contribution in [2.75, 3.05) is 7.11 Å². The molecule has 5 heteroatoms. The number of imidazole rings is 1. The number of hydrogen-bond donors (Lipinski definition) is 0. The van der Waals surface area contributed by atoms with E-state index in [-0.39, 0.29) is 0 Å². The maximum atomic E-state index is 5.47. The fourth-order valence-electron chi connectivity index (χ4n) is 2.56. The molecule has 3 aromatic heterocycles. The van der Waals surface area contributed by atoms with Crippen LogP contribution >= 0.6 is 0 Å². The Balaban J connectivity index is 1.97. The molecule has 5 nitrogen and oxygen atoms in total. The fourth-order valence-corrected chi connectivity index (χ4v) is 2.56. The van der Waals surface area contributed by atoms with Crippen molar-refractivity contribution >= 4 is 0 Å². The molecule has 0 aliphatic rings. The summed E-state index contributed by atoms with van der Waals surface area (Å²) in [5, 5.41) is 0. The van der Waals surface area contributed by atoms with E-state index >= 15 is 0 Å². The van der Waals surface area contributed by atoms with Crippen molar-refractivity contribution in [2.24, 2.45) is 0 Å². The molecule has 0 unspecified atom stereocenters. The Kier molecular flexibility index (Phi) is 3.87. The Labute approximate surface area is 129 Å². The van der Waals surface area contributed by atoms with Crippen molar-refractivity contribution in [3.05, 3.63) is 59.8 Å². The van der Waals surface area contributed by atoms with E-state index in [1.807, 2.05) is 49.0 Å². The lowest BCUT2D eigenvalue weighted by Crippen LogP contribution is -2.07. The minimum absolute atomic E-state index is 0.633. The summed E-state index contributed by atoms with van der Waals surface area (Å²) < 4.78 is 7.52. The number of aryl methyl sites for hydroxylation is 1. The summed E-state index contributed by atoms with van der Waals surface area (Å²) in [5.74, 6) is 1.73. The molecule has 112 valence electrons. The van der Waals surface area contributed by atoms with Gasteiger partial charge in [0.05, 0.1) is 19.3 Å². The molecule has 0 aliphatic heterocycles. The number of aromatic nitrogens is 4. The van der Waals surface area contributed by atoms with Gasteiger partial charge in [-0.2, -0.15) is 0 Å². The van der Waals surface area contributed by atoms with Crippen LogP contribution in [0.15, 0.2) is 43.0 Å². The predicted molar refractivity (Wildman–Crippen MR) is 84.8 cm³/mol. The Bertz CT molecular complexity index is 781. The van der Waals surface area contributed by atoms with Crippen molar-refractivity contribution in [2.45, 2.75) is 20.4 Å². The van der Waals surface area contributed by atoms with Crippen molar-refractivity contribution in [3.8, 4) is 17.3 Å². The molecule has 0 atom stereocenters. The quantitative estimate of drug-likeness (QED) is 0.742. The van der Waals surface area contributed by atoms with Crippen molar-refractivity contribution < 1.29 is 4.74 Å². The summed E-state index contributed by atoms with van der Waals surface area (Å²) in [4.78, 5) is 13.3. The molecule has 0 bridgehead atoms. The van der Waals surface area contributed by atoms with Gasteiger partial charge in [-0.3, -0.25) is 9.97 Å². The summed E-state index contributed by atoms with van der Waals surface area (Å²) in [6.07, 6.45) is 7.34. The van der Waals surface area contributed by atoms with Gasteiger partial charge in [-0.1, -0.05) is 6.07 Å². The van der Waals surface area contributed by atoms with Crippen LogP contribution in [0.25, 0.3) is 11.5 Å². The van der Waals surface area contributed by atoms with Gasteiger partial charge in [-0.25, -0.2) is 4.98 Å². The van der Waals surface area contributed by atoms with Crippen LogP contribution in [0.5, 0.6) is 5.75 Å². The van der Waals surface area contributed by atoms with E-state index in [4.69, 9.17) is 4.74 Å². The topological polar surface area (TPSA) is 52.8 Å². The Morgan fingerprint density at radius 2 is 1.95 bits per heavy atom. The van der Waals surface area contributed by atoms with Crippen molar-refractivity contribution in [1.82, 2.24) is 19.5 Å². The van der Waals surface area contributed by atoms with E-state index in [0.717, 1.165) is 34.1 Å². The second-order valence-electron chi connectivity index (χ2n) is 5.14. The molecule has 0 saturated carbocycles. The van der Waals surface area contributed by atoms with Gasteiger partial charge in [-0.05, 0) is 26.0 Å². The molecule has 0 spiro atoms. The number of pyridine rings is 2. The minimum Gasteiger partial charge on any atom is -0.496 e. The maximum Gasteiger partial charge on any atom is 0.158 e. The van der Waals surface area contributed by atoms with Crippen LogP contribution in [0.4, 0.5) is 0 Å². The highest BCUT2D eigenvalue weighted by molar-refractivity contribution is 5.49. The lowest BCUT2D eigenvalue weighted by molar-refractivity contribution is 0.406. The fraction of sp³-hybridized carbons (Fsp3) is 0.235. The van der Waals surface area contributed by atoms with E-state index in [0.29, 0.717) is 6.54 Å². The van der Waals surface area contributed by atoms with Crippen LogP contribution in [0.3, 0.4) is 0 Å². The number of methoxy groups -OCH3 is 1. The number of ether oxygens (including phenoxy) is 1. The lowest BCUT2D eigenvalue weighted by atomic mass is 10.1. The average molecular weight is 294 g/mol. The molecule has 0 aliphatic carbocycles. The number of hydrogen-bond acceptors (Lipinski definition) is 4. The lowest BCUT2D eigenvalue weighted by Gasteiger charge is -2.13. The molecule has 0 aromatic carbocycles. The van der Waals surface area contributed by atoms with Crippen LogP contribution in [0, 0.1) is 13.8 Å². The van der Waals surface area contributed by atoms with E-state index in [1.165, 1.54) is 0 Å². The van der Waals surface area contributed by atoms with Gasteiger partial charge in [0.1, 0.15) is 11.4 Å². The number of nitrogens with zero attached hydrogens (tertiary/aromatic N) is 4. The first-order valence-electron chi connectivity index (χ1n) is 7.12. The third-order valence-corrected chi connectivity index (χ3v) is 3.68. The molecule has 3 heterocycles. The molecule has 0 radical (unpaired) electrons. The molecule has 3 aromatic rings. The van der Waals surface area contributed by atoms with E-state index in [2.05, 4.69) is 15.0 Å². The molecule has 3 rings (SSSR count). The first-order chi connectivity index (χ1) is 10.7. The molecular weight excluding hydrogens is 276 g/mol. The van der Waals surface area contributed by atoms with Gasteiger partial charge >= 0.3 is 0 Å². The Morgan fingerprint density at radius 1 is 1.09 bits per heavy atom. The summed E-state index contributed by atoms with van der Waals surface area (Å²) in [7, 11) is 1.69. The molecule has 0 amide bonds. The molecule has 0 N–H and O–H groups in total. The monoisotopic (exact) mass is 294 g/mol. The summed E-state index contributed by atoms with van der Waals surface area (Å²) in [6.45, 7) is 4.67. The van der Waals surface area contributed by atoms with Gasteiger partial charge < -0.3 is 9.30 Å².